The van der Waals surface area contributed by atoms with Gasteiger partial charge in [-0.05, 0) is 25.8 Å². The summed E-state index contributed by atoms with van der Waals surface area (Å²) >= 11 is 0. The highest BCUT2D eigenvalue weighted by atomic mass is 16.3. The van der Waals surface area contributed by atoms with E-state index in [9.17, 15) is 5.11 Å². The van der Waals surface area contributed by atoms with Crippen LogP contribution in [0.2, 0.25) is 0 Å². The molecule has 3 nitrogen and oxygen atoms in total. The van der Waals surface area contributed by atoms with Crippen molar-refractivity contribution in [1.29, 1.82) is 0 Å². The molecule has 1 rings (SSSR count). The number of hydrogen-bond donors (Lipinski definition) is 1. The molecule has 0 aliphatic carbocycles. The van der Waals surface area contributed by atoms with Gasteiger partial charge in [0.2, 0.25) is 0 Å². The Morgan fingerprint density at radius 2 is 2.14 bits per heavy atom. The van der Waals surface area contributed by atoms with E-state index in [1.54, 1.807) is 13.8 Å². The standard InChI is InChI=1S/C11H20N2O/c1-9(2)8-13-6-5-10(12-13)7-11(3,4)14/h5-6,9,14H,7-8H2,1-4H3. The van der Waals surface area contributed by atoms with E-state index < -0.39 is 5.60 Å². The van der Waals surface area contributed by atoms with E-state index >= 15 is 0 Å². The molecule has 3 heteroatoms. The van der Waals surface area contributed by atoms with E-state index in [1.165, 1.54) is 0 Å². The third-order valence-corrected chi connectivity index (χ3v) is 1.86. The lowest BCUT2D eigenvalue weighted by atomic mass is 10.0. The van der Waals surface area contributed by atoms with Gasteiger partial charge in [-0.15, -0.1) is 0 Å². The van der Waals surface area contributed by atoms with Crippen LogP contribution < -0.4 is 0 Å². The minimum atomic E-state index is -0.670. The molecule has 1 aromatic rings. The van der Waals surface area contributed by atoms with Crippen molar-refractivity contribution in [3.05, 3.63) is 18.0 Å². The van der Waals surface area contributed by atoms with Gasteiger partial charge in [0.05, 0.1) is 11.3 Å². The molecule has 80 valence electrons. The van der Waals surface area contributed by atoms with Crippen molar-refractivity contribution in [3.63, 3.8) is 0 Å². The molecule has 0 bridgehead atoms. The zero-order valence-corrected chi connectivity index (χ0v) is 9.49. The summed E-state index contributed by atoms with van der Waals surface area (Å²) in [5, 5.41) is 14.0. The first-order chi connectivity index (χ1) is 6.37. The fraction of sp³-hybridized carbons (Fsp3) is 0.727. The Balaban J connectivity index is 2.60. The van der Waals surface area contributed by atoms with Crippen LogP contribution in [-0.4, -0.2) is 20.5 Å². The summed E-state index contributed by atoms with van der Waals surface area (Å²) in [6, 6.07) is 1.97. The first-order valence-corrected chi connectivity index (χ1v) is 5.11. The van der Waals surface area contributed by atoms with Crippen LogP contribution in [0.25, 0.3) is 0 Å². The summed E-state index contributed by atoms with van der Waals surface area (Å²) < 4.78 is 1.94. The SMILES string of the molecule is CC(C)Cn1ccc(CC(C)(C)O)n1. The van der Waals surface area contributed by atoms with Gasteiger partial charge in [0.25, 0.3) is 0 Å². The molecule has 1 N–H and O–H groups in total. The van der Waals surface area contributed by atoms with Crippen molar-refractivity contribution in [2.24, 2.45) is 5.92 Å². The van der Waals surface area contributed by atoms with Crippen LogP contribution in [0.1, 0.15) is 33.4 Å². The Hall–Kier alpha value is -0.830. The minimum absolute atomic E-state index is 0.602. The molecule has 0 unspecified atom stereocenters. The predicted octanol–water partition coefficient (Wildman–Crippen LogP) is 1.85. The molecule has 14 heavy (non-hydrogen) atoms. The average Bonchev–Trinajstić information content (AvgIpc) is 2.30. The van der Waals surface area contributed by atoms with Crippen LogP contribution in [0.15, 0.2) is 12.3 Å². The maximum absolute atomic E-state index is 9.61. The van der Waals surface area contributed by atoms with Crippen LogP contribution in [-0.2, 0) is 13.0 Å². The number of hydrogen-bond acceptors (Lipinski definition) is 2. The summed E-state index contributed by atoms with van der Waals surface area (Å²) in [5.41, 5.74) is 0.287. The van der Waals surface area contributed by atoms with Crippen LogP contribution in [0.4, 0.5) is 0 Å². The lowest BCUT2D eigenvalue weighted by Gasteiger charge is -2.14. The lowest BCUT2D eigenvalue weighted by Crippen LogP contribution is -2.22. The summed E-state index contributed by atoms with van der Waals surface area (Å²) in [6.07, 6.45) is 2.58. The first-order valence-electron chi connectivity index (χ1n) is 5.11. The molecule has 0 amide bonds. The molecule has 0 aliphatic rings. The van der Waals surface area contributed by atoms with E-state index in [-0.39, 0.29) is 0 Å². The molecule has 0 atom stereocenters. The maximum atomic E-state index is 9.61. The minimum Gasteiger partial charge on any atom is -0.390 e. The second kappa shape index (κ2) is 4.13. The molecule has 1 heterocycles. The predicted molar refractivity (Wildman–Crippen MR) is 57.1 cm³/mol. The molecule has 0 fully saturated rings. The zero-order chi connectivity index (χ0) is 10.8. The largest absolute Gasteiger partial charge is 0.390 e. The van der Waals surface area contributed by atoms with Crippen molar-refractivity contribution < 1.29 is 5.11 Å². The smallest absolute Gasteiger partial charge is 0.0653 e. The van der Waals surface area contributed by atoms with Gasteiger partial charge in [-0.3, -0.25) is 4.68 Å². The van der Waals surface area contributed by atoms with Crippen LogP contribution >= 0.6 is 0 Å². The lowest BCUT2D eigenvalue weighted by molar-refractivity contribution is 0.0797. The fourth-order valence-electron chi connectivity index (χ4n) is 1.42. The topological polar surface area (TPSA) is 38.0 Å². The molecular formula is C11H20N2O. The van der Waals surface area contributed by atoms with Gasteiger partial charge in [-0.25, -0.2) is 0 Å². The third-order valence-electron chi connectivity index (χ3n) is 1.86. The second-order valence-corrected chi connectivity index (χ2v) is 4.91. The third kappa shape index (κ3) is 3.92. The van der Waals surface area contributed by atoms with Gasteiger partial charge in [0.1, 0.15) is 0 Å². The molecule has 1 aromatic heterocycles. The van der Waals surface area contributed by atoms with Gasteiger partial charge in [-0.2, -0.15) is 5.10 Å². The first kappa shape index (κ1) is 11.2. The molecule has 0 saturated carbocycles. The highest BCUT2D eigenvalue weighted by molar-refractivity contribution is 5.02. The number of nitrogens with zero attached hydrogens (tertiary/aromatic N) is 2. The normalized spacial score (nSPS) is 12.4. The van der Waals surface area contributed by atoms with Gasteiger partial charge >= 0.3 is 0 Å². The van der Waals surface area contributed by atoms with E-state index in [2.05, 4.69) is 18.9 Å². The van der Waals surface area contributed by atoms with Crippen molar-refractivity contribution in [2.45, 2.75) is 46.3 Å². The van der Waals surface area contributed by atoms with Crippen molar-refractivity contribution >= 4 is 0 Å². The molecular weight excluding hydrogens is 176 g/mol. The molecule has 0 saturated heterocycles. The average molecular weight is 196 g/mol. The van der Waals surface area contributed by atoms with E-state index in [4.69, 9.17) is 0 Å². The summed E-state index contributed by atoms with van der Waals surface area (Å²) in [6.45, 7) is 8.86. The summed E-state index contributed by atoms with van der Waals surface area (Å²) in [5.74, 6) is 0.602. The second-order valence-electron chi connectivity index (χ2n) is 4.91. The maximum Gasteiger partial charge on any atom is 0.0653 e. The van der Waals surface area contributed by atoms with Crippen molar-refractivity contribution in [3.8, 4) is 0 Å². The highest BCUT2D eigenvalue weighted by Crippen LogP contribution is 2.10. The number of aromatic nitrogens is 2. The Kier molecular flexibility index (Phi) is 3.32. The van der Waals surface area contributed by atoms with Gasteiger partial charge < -0.3 is 5.11 Å². The number of aliphatic hydroxyl groups is 1. The van der Waals surface area contributed by atoms with E-state index in [0.29, 0.717) is 12.3 Å². The van der Waals surface area contributed by atoms with Crippen LogP contribution in [0.5, 0.6) is 0 Å². The summed E-state index contributed by atoms with van der Waals surface area (Å²) in [4.78, 5) is 0. The van der Waals surface area contributed by atoms with Gasteiger partial charge in [0, 0.05) is 19.2 Å². The van der Waals surface area contributed by atoms with Crippen LogP contribution in [0, 0.1) is 5.92 Å². The molecule has 0 radical (unpaired) electrons. The molecule has 0 aromatic carbocycles. The Morgan fingerprint density at radius 3 is 2.64 bits per heavy atom. The quantitative estimate of drug-likeness (QED) is 0.798. The van der Waals surface area contributed by atoms with E-state index in [0.717, 1.165) is 12.2 Å². The molecule has 0 aliphatic heterocycles. The fourth-order valence-corrected chi connectivity index (χ4v) is 1.42. The van der Waals surface area contributed by atoms with Crippen molar-refractivity contribution in [2.75, 3.05) is 0 Å². The molecule has 0 spiro atoms. The van der Waals surface area contributed by atoms with Crippen LogP contribution in [0.3, 0.4) is 0 Å². The number of rotatable bonds is 4. The van der Waals surface area contributed by atoms with Crippen molar-refractivity contribution in [1.82, 2.24) is 9.78 Å². The Bertz CT molecular complexity index is 284. The monoisotopic (exact) mass is 196 g/mol. The Morgan fingerprint density at radius 1 is 1.50 bits per heavy atom. The summed E-state index contributed by atoms with van der Waals surface area (Å²) in [7, 11) is 0. The highest BCUT2D eigenvalue weighted by Gasteiger charge is 2.15. The van der Waals surface area contributed by atoms with Gasteiger partial charge in [0.15, 0.2) is 0 Å². The Labute approximate surface area is 85.8 Å². The zero-order valence-electron chi connectivity index (χ0n) is 9.49. The van der Waals surface area contributed by atoms with E-state index in [1.807, 2.05) is 16.9 Å². The van der Waals surface area contributed by atoms with Gasteiger partial charge in [-0.1, -0.05) is 13.8 Å².